The molecule has 5 heteroatoms. The second-order valence-electron chi connectivity index (χ2n) is 5.97. The van der Waals surface area contributed by atoms with Gasteiger partial charge < -0.3 is 14.6 Å². The Kier molecular flexibility index (Phi) is 4.13. The molecule has 2 fully saturated rings. The molecule has 5 nitrogen and oxygen atoms in total. The second kappa shape index (κ2) is 6.01. The van der Waals surface area contributed by atoms with Gasteiger partial charge in [0.25, 0.3) is 0 Å². The van der Waals surface area contributed by atoms with Crippen LogP contribution in [0.4, 0.5) is 0 Å². The number of piperidine rings is 1. The Morgan fingerprint density at radius 3 is 2.89 bits per heavy atom. The van der Waals surface area contributed by atoms with E-state index in [1.807, 2.05) is 6.33 Å². The number of hydrogen-bond acceptors (Lipinski definition) is 4. The topological polar surface area (TPSA) is 52.0 Å². The smallest absolute Gasteiger partial charge is 0.133 e. The highest BCUT2D eigenvalue weighted by Gasteiger charge is 2.33. The number of rotatable bonds is 6. The molecule has 3 rings (SSSR count). The zero-order chi connectivity index (χ0) is 13.1. The number of methoxy groups -OCH3 is 1. The summed E-state index contributed by atoms with van der Waals surface area (Å²) >= 11 is 0. The number of aryl methyl sites for hydroxylation is 1. The molecule has 0 spiro atoms. The fraction of sp³-hybridized carbons (Fsp3) is 0.857. The van der Waals surface area contributed by atoms with E-state index < -0.39 is 0 Å². The number of nitrogens with one attached hydrogen (secondary N) is 1. The zero-order valence-electron chi connectivity index (χ0n) is 11.7. The summed E-state index contributed by atoms with van der Waals surface area (Å²) in [7, 11) is 1.75. The number of hydrogen-bond donors (Lipinski definition) is 1. The van der Waals surface area contributed by atoms with Crippen LogP contribution < -0.4 is 5.32 Å². The Hall–Kier alpha value is -0.940. The molecule has 1 aromatic rings. The lowest BCUT2D eigenvalue weighted by Crippen LogP contribution is -2.38. The second-order valence-corrected chi connectivity index (χ2v) is 5.97. The predicted octanol–water partition coefficient (Wildman–Crippen LogP) is 1.39. The first-order valence-electron chi connectivity index (χ1n) is 7.47. The maximum absolute atomic E-state index is 5.10. The average Bonchev–Trinajstić information content (AvgIpc) is 2.97. The molecule has 2 bridgehead atoms. The van der Waals surface area contributed by atoms with E-state index in [2.05, 4.69) is 20.1 Å². The van der Waals surface area contributed by atoms with Crippen molar-refractivity contribution in [2.45, 2.75) is 57.2 Å². The molecule has 0 amide bonds. The molecule has 2 unspecified atom stereocenters. The Labute approximate surface area is 114 Å². The number of fused-ring (bicyclic) bond motifs is 2. The molecule has 2 aliphatic rings. The van der Waals surface area contributed by atoms with Gasteiger partial charge in [-0.15, -0.1) is 10.2 Å². The number of nitrogens with zero attached hydrogens (tertiary/aromatic N) is 3. The molecule has 0 aromatic carbocycles. The van der Waals surface area contributed by atoms with Gasteiger partial charge in [-0.2, -0.15) is 0 Å². The largest absolute Gasteiger partial charge is 0.385 e. The van der Waals surface area contributed by atoms with Crippen molar-refractivity contribution in [2.75, 3.05) is 13.7 Å². The molecule has 1 N–H and O–H groups in total. The monoisotopic (exact) mass is 264 g/mol. The van der Waals surface area contributed by atoms with Gasteiger partial charge in [-0.25, -0.2) is 0 Å². The predicted molar refractivity (Wildman–Crippen MR) is 72.9 cm³/mol. The minimum absolute atomic E-state index is 0.758. The third-order valence-electron chi connectivity index (χ3n) is 4.49. The Morgan fingerprint density at radius 2 is 2.16 bits per heavy atom. The van der Waals surface area contributed by atoms with E-state index in [1.165, 1.54) is 25.7 Å². The van der Waals surface area contributed by atoms with Crippen molar-refractivity contribution in [1.82, 2.24) is 20.1 Å². The molecule has 2 saturated heterocycles. The molecule has 106 valence electrons. The van der Waals surface area contributed by atoms with Crippen molar-refractivity contribution in [3.8, 4) is 0 Å². The molecule has 2 aliphatic heterocycles. The minimum Gasteiger partial charge on any atom is -0.385 e. The fourth-order valence-corrected chi connectivity index (χ4v) is 3.60. The zero-order valence-corrected chi connectivity index (χ0v) is 11.7. The van der Waals surface area contributed by atoms with Crippen LogP contribution in [0.1, 0.15) is 37.9 Å². The van der Waals surface area contributed by atoms with Gasteiger partial charge >= 0.3 is 0 Å². The maximum atomic E-state index is 5.10. The molecular formula is C14H24N4O. The average molecular weight is 264 g/mol. The minimum atomic E-state index is 0.758. The van der Waals surface area contributed by atoms with E-state index in [1.54, 1.807) is 7.11 Å². The van der Waals surface area contributed by atoms with Gasteiger partial charge in [0.05, 0.1) is 0 Å². The van der Waals surface area contributed by atoms with Crippen LogP contribution in [0.5, 0.6) is 0 Å². The molecule has 3 heterocycles. The van der Waals surface area contributed by atoms with Crippen LogP contribution >= 0.6 is 0 Å². The van der Waals surface area contributed by atoms with Crippen molar-refractivity contribution in [3.63, 3.8) is 0 Å². The summed E-state index contributed by atoms with van der Waals surface area (Å²) in [6.45, 7) is 1.77. The van der Waals surface area contributed by atoms with E-state index in [9.17, 15) is 0 Å². The summed E-state index contributed by atoms with van der Waals surface area (Å²) in [6.07, 6.45) is 9.31. The lowest BCUT2D eigenvalue weighted by Gasteiger charge is -2.28. The summed E-state index contributed by atoms with van der Waals surface area (Å²) in [5, 5.41) is 12.1. The van der Waals surface area contributed by atoms with Gasteiger partial charge in [-0.3, -0.25) is 0 Å². The Morgan fingerprint density at radius 1 is 1.37 bits per heavy atom. The standard InChI is InChI=1S/C14H24N4O/c1-19-6-2-5-18-10-15-17-14(18)9-11-7-12-3-4-13(8-11)16-12/h10-13,16H,2-9H2,1H3. The van der Waals surface area contributed by atoms with Crippen molar-refractivity contribution in [2.24, 2.45) is 5.92 Å². The fourth-order valence-electron chi connectivity index (χ4n) is 3.60. The van der Waals surface area contributed by atoms with Crippen molar-refractivity contribution >= 4 is 0 Å². The van der Waals surface area contributed by atoms with Crippen LogP contribution in [0.15, 0.2) is 6.33 Å². The molecular weight excluding hydrogens is 240 g/mol. The van der Waals surface area contributed by atoms with Crippen LogP contribution in [-0.2, 0) is 17.7 Å². The normalized spacial score (nSPS) is 29.8. The molecule has 1 aromatic heterocycles. The molecule has 2 atom stereocenters. The first-order valence-corrected chi connectivity index (χ1v) is 7.47. The van der Waals surface area contributed by atoms with E-state index in [4.69, 9.17) is 4.74 Å². The first kappa shape index (κ1) is 13.1. The van der Waals surface area contributed by atoms with Crippen molar-refractivity contribution in [3.05, 3.63) is 12.2 Å². The summed E-state index contributed by atoms with van der Waals surface area (Å²) in [4.78, 5) is 0. The first-order chi connectivity index (χ1) is 9.35. The van der Waals surface area contributed by atoms with Crippen LogP contribution in [-0.4, -0.2) is 40.6 Å². The molecule has 0 radical (unpaired) electrons. The Bertz CT molecular complexity index is 394. The highest BCUT2D eigenvalue weighted by molar-refractivity contribution is 4.96. The Balaban J connectivity index is 1.56. The van der Waals surface area contributed by atoms with Crippen LogP contribution in [0.3, 0.4) is 0 Å². The van der Waals surface area contributed by atoms with Gasteiger partial charge in [0.2, 0.25) is 0 Å². The molecule has 0 saturated carbocycles. The van der Waals surface area contributed by atoms with Gasteiger partial charge in [0, 0.05) is 38.8 Å². The van der Waals surface area contributed by atoms with Gasteiger partial charge in [0.15, 0.2) is 0 Å². The lowest BCUT2D eigenvalue weighted by atomic mass is 9.89. The lowest BCUT2D eigenvalue weighted by molar-refractivity contribution is 0.189. The SMILES string of the molecule is COCCCn1cnnc1CC1CC2CCC(C1)N2. The van der Waals surface area contributed by atoms with E-state index in [0.29, 0.717) is 0 Å². The highest BCUT2D eigenvalue weighted by Crippen LogP contribution is 2.32. The van der Waals surface area contributed by atoms with Gasteiger partial charge in [-0.05, 0) is 38.0 Å². The van der Waals surface area contributed by atoms with E-state index >= 15 is 0 Å². The van der Waals surface area contributed by atoms with Crippen LogP contribution in [0.2, 0.25) is 0 Å². The molecule has 0 aliphatic carbocycles. The maximum Gasteiger partial charge on any atom is 0.133 e. The van der Waals surface area contributed by atoms with Crippen molar-refractivity contribution in [1.29, 1.82) is 0 Å². The summed E-state index contributed by atoms with van der Waals surface area (Å²) in [5.74, 6) is 1.94. The number of ether oxygens (including phenoxy) is 1. The van der Waals surface area contributed by atoms with Crippen LogP contribution in [0, 0.1) is 5.92 Å². The van der Waals surface area contributed by atoms with Gasteiger partial charge in [0.1, 0.15) is 12.2 Å². The highest BCUT2D eigenvalue weighted by atomic mass is 16.5. The van der Waals surface area contributed by atoms with E-state index in [0.717, 1.165) is 49.8 Å². The van der Waals surface area contributed by atoms with Crippen LogP contribution in [0.25, 0.3) is 0 Å². The molecule has 19 heavy (non-hydrogen) atoms. The van der Waals surface area contributed by atoms with Crippen molar-refractivity contribution < 1.29 is 4.74 Å². The summed E-state index contributed by atoms with van der Waals surface area (Å²) < 4.78 is 7.30. The number of aromatic nitrogens is 3. The third-order valence-corrected chi connectivity index (χ3v) is 4.49. The summed E-state index contributed by atoms with van der Waals surface area (Å²) in [5.41, 5.74) is 0. The third kappa shape index (κ3) is 3.15. The quantitative estimate of drug-likeness (QED) is 0.789. The summed E-state index contributed by atoms with van der Waals surface area (Å²) in [6, 6.07) is 1.52. The van der Waals surface area contributed by atoms with Gasteiger partial charge in [-0.1, -0.05) is 0 Å². The van der Waals surface area contributed by atoms with E-state index in [-0.39, 0.29) is 0 Å².